The van der Waals surface area contributed by atoms with Crippen LogP contribution in [-0.4, -0.2) is 95.2 Å². The quantitative estimate of drug-likeness (QED) is 0.236. The number of aliphatic hydroxyl groups is 5. The summed E-state index contributed by atoms with van der Waals surface area (Å²) in [6, 6.07) is 6.99. The molecule has 6 atom stereocenters. The molecule has 2 rings (SSSR count). The number of esters is 1. The van der Waals surface area contributed by atoms with Crippen molar-refractivity contribution in [2.24, 2.45) is 0 Å². The number of hydrogen-bond acceptors (Lipinski definition) is 10. The molecule has 1 aliphatic heterocycles. The van der Waals surface area contributed by atoms with E-state index in [0.29, 0.717) is 5.75 Å². The molecule has 5 N–H and O–H groups in total. The molecule has 6 unspecified atom stereocenters. The van der Waals surface area contributed by atoms with Crippen molar-refractivity contribution in [3.8, 4) is 5.75 Å². The molecular weight excluding hydrogens is 388 g/mol. The third-order valence-electron chi connectivity index (χ3n) is 4.25. The maximum atomic E-state index is 11.7. The zero-order chi connectivity index (χ0) is 21.4. The van der Waals surface area contributed by atoms with Crippen LogP contribution in [0.3, 0.4) is 0 Å². The van der Waals surface area contributed by atoms with Crippen molar-refractivity contribution in [3.63, 3.8) is 0 Å². The summed E-state index contributed by atoms with van der Waals surface area (Å²) in [5.74, 6) is 0.0139. The third-order valence-corrected chi connectivity index (χ3v) is 4.25. The molecule has 10 heteroatoms. The second-order valence-electron chi connectivity index (χ2n) is 6.42. The fraction of sp³-hybridized carbons (Fsp3) is 0.526. The monoisotopic (exact) mass is 414 g/mol. The van der Waals surface area contributed by atoms with Gasteiger partial charge in [0, 0.05) is 6.08 Å². The molecule has 0 bridgehead atoms. The van der Waals surface area contributed by atoms with Crippen molar-refractivity contribution in [1.82, 2.24) is 0 Å². The summed E-state index contributed by atoms with van der Waals surface area (Å²) in [5.41, 5.74) is 0.759. The lowest BCUT2D eigenvalue weighted by molar-refractivity contribution is -0.304. The highest BCUT2D eigenvalue weighted by molar-refractivity contribution is 5.87. The Balaban J connectivity index is 1.73. The van der Waals surface area contributed by atoms with Gasteiger partial charge >= 0.3 is 5.97 Å². The largest absolute Gasteiger partial charge is 0.497 e. The van der Waals surface area contributed by atoms with Crippen LogP contribution in [0.5, 0.6) is 5.75 Å². The summed E-state index contributed by atoms with van der Waals surface area (Å²) < 4.78 is 20.2. The molecule has 1 aliphatic rings. The first-order valence-corrected chi connectivity index (χ1v) is 8.94. The molecule has 162 valence electrons. The standard InChI is InChI=1S/C19H26O10/c1-26-13-5-2-11(3-6-13)4-7-15(22)27-9-12(21)10-28-19-18(25)17(24)16(23)14(8-20)29-19/h2-7,12,14,16-21,23-25H,8-10H2,1H3. The second kappa shape index (κ2) is 11.2. The van der Waals surface area contributed by atoms with Crippen molar-refractivity contribution in [2.75, 3.05) is 26.9 Å². The summed E-state index contributed by atoms with van der Waals surface area (Å²) >= 11 is 0. The van der Waals surface area contributed by atoms with E-state index >= 15 is 0 Å². The van der Waals surface area contributed by atoms with Crippen molar-refractivity contribution >= 4 is 12.0 Å². The molecule has 10 nitrogen and oxygen atoms in total. The van der Waals surface area contributed by atoms with E-state index in [0.717, 1.165) is 5.56 Å². The Hall–Kier alpha value is -2.05. The van der Waals surface area contributed by atoms with Crippen LogP contribution in [0.1, 0.15) is 5.56 Å². The Labute approximate surface area is 167 Å². The van der Waals surface area contributed by atoms with Crippen LogP contribution >= 0.6 is 0 Å². The average Bonchev–Trinajstić information content (AvgIpc) is 2.74. The van der Waals surface area contributed by atoms with Gasteiger partial charge in [-0.2, -0.15) is 0 Å². The Morgan fingerprint density at radius 3 is 2.45 bits per heavy atom. The molecule has 1 heterocycles. The lowest BCUT2D eigenvalue weighted by Crippen LogP contribution is -2.59. The highest BCUT2D eigenvalue weighted by Gasteiger charge is 2.44. The van der Waals surface area contributed by atoms with E-state index < -0.39 is 49.4 Å². The van der Waals surface area contributed by atoms with E-state index in [2.05, 4.69) is 0 Å². The maximum Gasteiger partial charge on any atom is 0.330 e. The smallest absolute Gasteiger partial charge is 0.330 e. The van der Waals surface area contributed by atoms with Gasteiger partial charge in [0.25, 0.3) is 0 Å². The van der Waals surface area contributed by atoms with E-state index in [-0.39, 0.29) is 13.2 Å². The lowest BCUT2D eigenvalue weighted by Gasteiger charge is -2.39. The Kier molecular flexibility index (Phi) is 8.99. The Bertz CT molecular complexity index is 659. The number of hydrogen-bond donors (Lipinski definition) is 5. The molecule has 0 saturated carbocycles. The van der Waals surface area contributed by atoms with Gasteiger partial charge in [-0.3, -0.25) is 0 Å². The van der Waals surface area contributed by atoms with Crippen molar-refractivity contribution in [1.29, 1.82) is 0 Å². The van der Waals surface area contributed by atoms with Crippen molar-refractivity contribution in [2.45, 2.75) is 36.8 Å². The minimum absolute atomic E-state index is 0.372. The van der Waals surface area contributed by atoms with Crippen molar-refractivity contribution < 1.29 is 49.3 Å². The predicted molar refractivity (Wildman–Crippen MR) is 98.7 cm³/mol. The fourth-order valence-corrected chi connectivity index (χ4v) is 2.56. The zero-order valence-corrected chi connectivity index (χ0v) is 15.8. The Morgan fingerprint density at radius 1 is 1.14 bits per heavy atom. The predicted octanol–water partition coefficient (Wildman–Crippen LogP) is -1.57. The number of carbonyl (C=O) groups is 1. The minimum atomic E-state index is -1.58. The topological polar surface area (TPSA) is 155 Å². The normalized spacial score (nSPS) is 28.3. The first-order valence-electron chi connectivity index (χ1n) is 8.94. The molecule has 1 saturated heterocycles. The number of ether oxygens (including phenoxy) is 4. The number of carbonyl (C=O) groups excluding carboxylic acids is 1. The van der Waals surface area contributed by atoms with Gasteiger partial charge in [-0.25, -0.2) is 4.79 Å². The van der Waals surface area contributed by atoms with Crippen LogP contribution in [0.2, 0.25) is 0 Å². The average molecular weight is 414 g/mol. The van der Waals surface area contributed by atoms with Gasteiger partial charge in [-0.15, -0.1) is 0 Å². The van der Waals surface area contributed by atoms with Crippen LogP contribution in [0.15, 0.2) is 30.3 Å². The highest BCUT2D eigenvalue weighted by atomic mass is 16.7. The van der Waals surface area contributed by atoms with Gasteiger partial charge in [0.1, 0.15) is 42.9 Å². The van der Waals surface area contributed by atoms with E-state index in [9.17, 15) is 25.2 Å². The van der Waals surface area contributed by atoms with Crippen LogP contribution in [0, 0.1) is 0 Å². The van der Waals surface area contributed by atoms with Gasteiger partial charge < -0.3 is 44.5 Å². The van der Waals surface area contributed by atoms with Gasteiger partial charge in [0.15, 0.2) is 6.29 Å². The van der Waals surface area contributed by atoms with E-state index in [1.165, 1.54) is 6.08 Å². The summed E-state index contributed by atoms with van der Waals surface area (Å²) in [6.07, 6.45) is -5.62. The van der Waals surface area contributed by atoms with Gasteiger partial charge in [-0.05, 0) is 23.8 Å². The number of aliphatic hydroxyl groups excluding tert-OH is 5. The molecule has 1 aromatic rings. The summed E-state index contributed by atoms with van der Waals surface area (Å²) in [4.78, 5) is 11.7. The van der Waals surface area contributed by atoms with Crippen LogP contribution in [-0.2, 0) is 19.0 Å². The van der Waals surface area contributed by atoms with Crippen LogP contribution < -0.4 is 4.74 Å². The highest BCUT2D eigenvalue weighted by Crippen LogP contribution is 2.22. The fourth-order valence-electron chi connectivity index (χ4n) is 2.56. The molecule has 29 heavy (non-hydrogen) atoms. The van der Waals surface area contributed by atoms with Gasteiger partial charge in [-0.1, -0.05) is 12.1 Å². The third kappa shape index (κ3) is 6.75. The number of rotatable bonds is 9. The molecule has 1 aromatic carbocycles. The molecule has 0 aliphatic carbocycles. The van der Waals surface area contributed by atoms with E-state index in [1.807, 2.05) is 0 Å². The number of benzene rings is 1. The molecule has 0 aromatic heterocycles. The summed E-state index contributed by atoms with van der Waals surface area (Å²) in [7, 11) is 1.55. The van der Waals surface area contributed by atoms with Crippen molar-refractivity contribution in [3.05, 3.63) is 35.9 Å². The first-order chi connectivity index (χ1) is 13.8. The maximum absolute atomic E-state index is 11.7. The summed E-state index contributed by atoms with van der Waals surface area (Å²) in [6.45, 7) is -1.34. The zero-order valence-electron chi connectivity index (χ0n) is 15.8. The second-order valence-corrected chi connectivity index (χ2v) is 6.42. The van der Waals surface area contributed by atoms with Crippen LogP contribution in [0.4, 0.5) is 0 Å². The van der Waals surface area contributed by atoms with Gasteiger partial charge in [0.05, 0.1) is 20.3 Å². The SMILES string of the molecule is COc1ccc(C=CC(=O)OCC(O)COC2OC(CO)C(O)C(O)C2O)cc1. The molecule has 0 spiro atoms. The van der Waals surface area contributed by atoms with Crippen LogP contribution in [0.25, 0.3) is 6.08 Å². The first kappa shape index (κ1) is 23.2. The molecule has 1 fully saturated rings. The molecule has 0 amide bonds. The van der Waals surface area contributed by atoms with Gasteiger partial charge in [0.2, 0.25) is 0 Å². The molecule has 0 radical (unpaired) electrons. The lowest BCUT2D eigenvalue weighted by atomic mass is 9.99. The minimum Gasteiger partial charge on any atom is -0.497 e. The number of methoxy groups -OCH3 is 1. The van der Waals surface area contributed by atoms with E-state index in [4.69, 9.17) is 24.1 Å². The molecular formula is C19H26O10. The van der Waals surface area contributed by atoms with E-state index in [1.54, 1.807) is 37.5 Å². The Morgan fingerprint density at radius 2 is 1.83 bits per heavy atom. The summed E-state index contributed by atoms with van der Waals surface area (Å²) in [5, 5.41) is 48.2.